The molecule has 1 aromatic heterocycles. The van der Waals surface area contributed by atoms with Crippen molar-refractivity contribution in [2.24, 2.45) is 0 Å². The third-order valence-electron chi connectivity index (χ3n) is 4.86. The molecule has 0 saturated heterocycles. The second-order valence-electron chi connectivity index (χ2n) is 6.75. The van der Waals surface area contributed by atoms with Crippen molar-refractivity contribution in [3.05, 3.63) is 64.9 Å². The number of rotatable bonds is 6. The number of hydrogen-bond acceptors (Lipinski definition) is 5. The van der Waals surface area contributed by atoms with E-state index in [1.54, 1.807) is 0 Å². The van der Waals surface area contributed by atoms with E-state index in [4.69, 9.17) is 12.2 Å². The molecule has 1 aliphatic heterocycles. The lowest BCUT2D eigenvalue weighted by Gasteiger charge is -2.09. The van der Waals surface area contributed by atoms with Crippen molar-refractivity contribution in [2.45, 2.75) is 25.3 Å². The van der Waals surface area contributed by atoms with Gasteiger partial charge in [0.1, 0.15) is 11.9 Å². The zero-order valence-corrected chi connectivity index (χ0v) is 16.0. The van der Waals surface area contributed by atoms with Gasteiger partial charge in [-0.1, -0.05) is 42.5 Å². The molecule has 0 fully saturated rings. The van der Waals surface area contributed by atoms with E-state index in [0.29, 0.717) is 18.8 Å². The number of fused-ring (bicyclic) bond motifs is 3. The molecular weight excluding hydrogens is 372 g/mol. The number of nitrogens with one attached hydrogen (secondary N) is 2. The van der Waals surface area contributed by atoms with Crippen molar-refractivity contribution in [3.8, 4) is 0 Å². The van der Waals surface area contributed by atoms with E-state index in [0.717, 1.165) is 17.3 Å². The highest BCUT2D eigenvalue weighted by atomic mass is 32.1. The summed E-state index contributed by atoms with van der Waals surface area (Å²) < 4.78 is 1.68. The average Bonchev–Trinajstić information content (AvgIpc) is 3.05. The molecule has 28 heavy (non-hydrogen) atoms. The Morgan fingerprint density at radius 3 is 2.71 bits per heavy atom. The average molecular weight is 392 g/mol. The van der Waals surface area contributed by atoms with Crippen molar-refractivity contribution in [2.75, 3.05) is 11.9 Å². The molecule has 6 nitrogen and oxygen atoms in total. The fraction of sp³-hybridized carbons (Fsp3) is 0.238. The topological polar surface area (TPSA) is 76.0 Å². The van der Waals surface area contributed by atoms with E-state index in [1.165, 1.54) is 10.1 Å². The molecule has 3 aromatic rings. The Balaban J connectivity index is 1.36. The number of anilines is 1. The maximum atomic E-state index is 12.7. The molecule has 0 bridgehead atoms. The van der Waals surface area contributed by atoms with Crippen LogP contribution in [0.3, 0.4) is 0 Å². The van der Waals surface area contributed by atoms with Gasteiger partial charge in [-0.25, -0.2) is 9.55 Å². The first-order valence-corrected chi connectivity index (χ1v) is 9.67. The molecule has 142 valence electrons. The van der Waals surface area contributed by atoms with E-state index in [9.17, 15) is 9.59 Å². The molecule has 0 aliphatic carbocycles. The summed E-state index contributed by atoms with van der Waals surface area (Å²) in [7, 11) is 0. The van der Waals surface area contributed by atoms with Crippen LogP contribution >= 0.6 is 12.2 Å². The van der Waals surface area contributed by atoms with Gasteiger partial charge >= 0.3 is 0 Å². The van der Waals surface area contributed by atoms with Gasteiger partial charge in [-0.05, 0) is 42.8 Å². The Hall–Kier alpha value is -3.06. The summed E-state index contributed by atoms with van der Waals surface area (Å²) >= 11 is 5.29. The van der Waals surface area contributed by atoms with Gasteiger partial charge < -0.3 is 10.6 Å². The molecule has 2 aromatic carbocycles. The molecule has 0 radical (unpaired) electrons. The number of para-hydroxylation sites is 1. The van der Waals surface area contributed by atoms with Crippen LogP contribution in [-0.2, 0) is 11.2 Å². The summed E-state index contributed by atoms with van der Waals surface area (Å²) in [6.07, 6.45) is 1.46. The van der Waals surface area contributed by atoms with Crippen LogP contribution < -0.4 is 10.6 Å². The molecule has 0 saturated carbocycles. The Morgan fingerprint density at radius 2 is 1.89 bits per heavy atom. The highest BCUT2D eigenvalue weighted by Crippen LogP contribution is 2.28. The molecule has 4 rings (SSSR count). The fourth-order valence-corrected chi connectivity index (χ4v) is 3.70. The van der Waals surface area contributed by atoms with Gasteiger partial charge in [0, 0.05) is 18.4 Å². The summed E-state index contributed by atoms with van der Waals surface area (Å²) in [5.74, 6) is 0.443. The van der Waals surface area contributed by atoms with E-state index >= 15 is 0 Å². The van der Waals surface area contributed by atoms with Crippen LogP contribution in [-0.4, -0.2) is 34.0 Å². The van der Waals surface area contributed by atoms with Gasteiger partial charge in [-0.15, -0.1) is 0 Å². The number of nitrogens with zero attached hydrogens (tertiary/aromatic N) is 2. The van der Waals surface area contributed by atoms with Crippen molar-refractivity contribution in [1.82, 2.24) is 14.9 Å². The number of amides is 1. The van der Waals surface area contributed by atoms with Crippen molar-refractivity contribution in [1.29, 1.82) is 0 Å². The Kier molecular flexibility index (Phi) is 5.16. The number of aromatic nitrogens is 2. The van der Waals surface area contributed by atoms with Crippen molar-refractivity contribution >= 4 is 40.8 Å². The minimum Gasteiger partial charge on any atom is -0.359 e. The highest BCUT2D eigenvalue weighted by molar-refractivity contribution is 7.71. The lowest BCUT2D eigenvalue weighted by atomic mass is 10.1. The molecule has 7 heteroatoms. The highest BCUT2D eigenvalue weighted by Gasteiger charge is 2.31. The predicted molar refractivity (Wildman–Crippen MR) is 111 cm³/mol. The van der Waals surface area contributed by atoms with Crippen molar-refractivity contribution in [3.63, 3.8) is 0 Å². The molecule has 1 aliphatic rings. The zero-order valence-electron chi connectivity index (χ0n) is 15.2. The molecule has 1 atom stereocenters. The number of hydrogen-bond donors (Lipinski definition) is 2. The first-order chi connectivity index (χ1) is 13.6. The number of carbonyl (C=O) groups is 2. The van der Waals surface area contributed by atoms with Crippen LogP contribution in [0.15, 0.2) is 54.6 Å². The first-order valence-electron chi connectivity index (χ1n) is 9.26. The SMILES string of the molecule is O=C(CCC1Nc2c3ccccc3nc(=S)n2C1=O)NCCc1ccccc1. The smallest absolute Gasteiger partial charge is 0.257 e. The molecule has 1 unspecified atom stereocenters. The maximum absolute atomic E-state index is 12.7. The van der Waals surface area contributed by atoms with Crippen LogP contribution in [0.25, 0.3) is 10.9 Å². The largest absolute Gasteiger partial charge is 0.359 e. The summed E-state index contributed by atoms with van der Waals surface area (Å²) in [5.41, 5.74) is 1.93. The summed E-state index contributed by atoms with van der Waals surface area (Å²) in [6.45, 7) is 0.578. The van der Waals surface area contributed by atoms with Gasteiger partial charge in [-0.2, -0.15) is 0 Å². The van der Waals surface area contributed by atoms with E-state index in [-0.39, 0.29) is 23.0 Å². The lowest BCUT2D eigenvalue weighted by molar-refractivity contribution is -0.121. The van der Waals surface area contributed by atoms with Gasteiger partial charge in [0.2, 0.25) is 10.7 Å². The summed E-state index contributed by atoms with van der Waals surface area (Å²) in [6, 6.07) is 17.1. The molecule has 2 heterocycles. The number of benzene rings is 2. The Bertz CT molecular complexity index is 1090. The van der Waals surface area contributed by atoms with Crippen LogP contribution in [0.2, 0.25) is 0 Å². The summed E-state index contributed by atoms with van der Waals surface area (Å²) in [5, 5.41) is 6.99. The van der Waals surface area contributed by atoms with Crippen LogP contribution in [0.5, 0.6) is 0 Å². The number of carbonyl (C=O) groups excluding carboxylic acids is 2. The third-order valence-corrected chi connectivity index (χ3v) is 5.13. The van der Waals surface area contributed by atoms with Crippen molar-refractivity contribution < 1.29 is 9.59 Å². The second kappa shape index (κ2) is 7.90. The van der Waals surface area contributed by atoms with Crippen LogP contribution in [0.1, 0.15) is 23.2 Å². The minimum atomic E-state index is -0.478. The first kappa shape index (κ1) is 18.3. The Morgan fingerprint density at radius 1 is 1.14 bits per heavy atom. The van der Waals surface area contributed by atoms with E-state index in [1.807, 2.05) is 54.6 Å². The lowest BCUT2D eigenvalue weighted by Crippen LogP contribution is -2.30. The van der Waals surface area contributed by atoms with Gasteiger partial charge in [0.15, 0.2) is 0 Å². The minimum absolute atomic E-state index is 0.0620. The standard InChI is InChI=1S/C21H20N4O2S/c26-18(22-13-12-14-6-2-1-3-7-14)11-10-17-20(27)25-19(23-17)15-8-4-5-9-16(15)24-21(25)28/h1-9,17,23H,10-13H2,(H,22,26). The van der Waals surface area contributed by atoms with Crippen LogP contribution in [0, 0.1) is 4.77 Å². The monoisotopic (exact) mass is 392 g/mol. The molecule has 0 spiro atoms. The fourth-order valence-electron chi connectivity index (χ4n) is 3.42. The molecule has 1 amide bonds. The maximum Gasteiger partial charge on any atom is 0.257 e. The normalized spacial score (nSPS) is 15.3. The molecule has 2 N–H and O–H groups in total. The second-order valence-corrected chi connectivity index (χ2v) is 7.12. The zero-order chi connectivity index (χ0) is 19.5. The van der Waals surface area contributed by atoms with Gasteiger partial charge in [0.05, 0.1) is 5.52 Å². The summed E-state index contributed by atoms with van der Waals surface area (Å²) in [4.78, 5) is 29.2. The van der Waals surface area contributed by atoms with E-state index in [2.05, 4.69) is 15.6 Å². The predicted octanol–water partition coefficient (Wildman–Crippen LogP) is 3.34. The third kappa shape index (κ3) is 3.66. The molecular formula is C21H20N4O2S. The quantitative estimate of drug-likeness (QED) is 0.629. The van der Waals surface area contributed by atoms with Gasteiger partial charge in [-0.3, -0.25) is 9.59 Å². The Labute approximate surface area is 167 Å². The van der Waals surface area contributed by atoms with E-state index < -0.39 is 6.04 Å². The van der Waals surface area contributed by atoms with Gasteiger partial charge in [0.25, 0.3) is 5.91 Å². The van der Waals surface area contributed by atoms with Crippen LogP contribution in [0.4, 0.5) is 5.82 Å².